The van der Waals surface area contributed by atoms with Gasteiger partial charge in [0.2, 0.25) is 11.8 Å². The van der Waals surface area contributed by atoms with Gasteiger partial charge in [0.25, 0.3) is 41.4 Å². The third-order valence-corrected chi connectivity index (χ3v) is 19.3. The molecule has 0 saturated heterocycles. The van der Waals surface area contributed by atoms with Crippen molar-refractivity contribution in [3.8, 4) is 0 Å². The zero-order valence-electron chi connectivity index (χ0n) is 88.8. The van der Waals surface area contributed by atoms with Crippen molar-refractivity contribution in [3.63, 3.8) is 0 Å². The average molecular weight is 2220 g/mol. The van der Waals surface area contributed by atoms with Gasteiger partial charge >= 0.3 is 5.97 Å². The van der Waals surface area contributed by atoms with Gasteiger partial charge < -0.3 is 93.1 Å². The summed E-state index contributed by atoms with van der Waals surface area (Å²) >= 11 is 0. The van der Waals surface area contributed by atoms with Gasteiger partial charge in [-0.2, -0.15) is 34.4 Å². The maximum absolute atomic E-state index is 11.7. The van der Waals surface area contributed by atoms with E-state index >= 15 is 0 Å². The largest absolute Gasteiger partial charge is 0.542 e. The van der Waals surface area contributed by atoms with Gasteiger partial charge in [-0.25, -0.2) is 10.9 Å². The third-order valence-electron chi connectivity index (χ3n) is 19.3. The Morgan fingerprint density at radius 3 is 0.937 bits per heavy atom. The molecule has 9 amide bonds. The predicted octanol–water partition coefficient (Wildman–Crippen LogP) is 17.0. The minimum absolute atomic E-state index is 0. The van der Waals surface area contributed by atoms with Gasteiger partial charge in [0.1, 0.15) is 11.6 Å². The second-order valence-corrected chi connectivity index (χ2v) is 35.7. The first-order valence-electron chi connectivity index (χ1n) is 48.8. The molecule has 34 heteroatoms. The maximum atomic E-state index is 11.7. The number of unbranched alkanes of at least 4 members (excludes halogenated alkanes) is 9. The van der Waals surface area contributed by atoms with Crippen LogP contribution in [0.1, 0.15) is 252 Å². The summed E-state index contributed by atoms with van der Waals surface area (Å²) in [5, 5.41) is 7.91. The molecular weight excluding hydrogens is 2050 g/mol. The number of nitrogens with one attached hydrogen (secondary N) is 2. The van der Waals surface area contributed by atoms with Crippen LogP contribution in [0.2, 0.25) is 0 Å². The summed E-state index contributed by atoms with van der Waals surface area (Å²) in [6.07, 6.45) is 45.0. The smallest absolute Gasteiger partial charge is 0.305 e. The quantitative estimate of drug-likeness (QED) is 0.0188. The Balaban J connectivity index is -0.000000375. The summed E-state index contributed by atoms with van der Waals surface area (Å²) in [7, 11) is 0. The van der Waals surface area contributed by atoms with Crippen molar-refractivity contribution >= 4 is 101 Å². The fourth-order valence-electron chi connectivity index (χ4n) is 11.5. The van der Waals surface area contributed by atoms with E-state index in [9.17, 15) is 71.9 Å². The zero-order valence-corrected chi connectivity index (χ0v) is 97.3. The number of ether oxygens (including phenoxy) is 5. The number of hydrazone groups is 2. The number of nitrogens with zero attached hydrogens (tertiary/aromatic N) is 9. The molecule has 7 aliphatic rings. The Hall–Kier alpha value is -8.10. The molecule has 793 valence electrons. The first-order chi connectivity index (χ1) is 66.3. The van der Waals surface area contributed by atoms with Crippen LogP contribution in [0.25, 0.3) is 0 Å². The first kappa shape index (κ1) is 146. The summed E-state index contributed by atoms with van der Waals surface area (Å²) in [6.45, 7) is 75.5. The summed E-state index contributed by atoms with van der Waals surface area (Å²) in [4.78, 5) is 178. The van der Waals surface area contributed by atoms with E-state index in [2.05, 4.69) is 129 Å². The number of esters is 1. The van der Waals surface area contributed by atoms with Crippen LogP contribution in [0.3, 0.4) is 0 Å². The molecule has 0 bridgehead atoms. The SMILES string of the molecule is C=C1C=CC(=O)N1CCC(=O)CCCOCCOCC[C-]=O.C=C1C=CC(=O)N1CCCCCC(=O)C(C)C.C=C1C=CC(=O)N1CCCCCC(=O)N/N=C(\C)C(C)C.C=C1C=CC(=O)N1CCCCCC(=O)N/N=C/C(C)C.C=C1C=CC(=O)N1CCCCCC(=O)OCC(C)C.C=C1C=CC(=O)N1CCC[C-]=O.C=C1C=CC(=O)N1CCOCCOCC[C-]=O.[CH2-]C(C)C.[CH2-]C(C)C.[CH2-]C(C)C.[Y].[Y].[Y]. The van der Waals surface area contributed by atoms with E-state index < -0.39 is 0 Å². The van der Waals surface area contributed by atoms with E-state index in [4.69, 9.17) is 23.7 Å². The van der Waals surface area contributed by atoms with Crippen LogP contribution in [0.15, 0.2) is 181 Å². The van der Waals surface area contributed by atoms with Crippen molar-refractivity contribution in [3.05, 3.63) is 192 Å². The molecule has 0 saturated carbocycles. The van der Waals surface area contributed by atoms with Gasteiger partial charge in [-0.15, -0.1) is 12.8 Å². The van der Waals surface area contributed by atoms with E-state index in [0.29, 0.717) is 221 Å². The summed E-state index contributed by atoms with van der Waals surface area (Å²) < 4.78 is 25.9. The van der Waals surface area contributed by atoms with Gasteiger partial charge in [0.15, 0.2) is 0 Å². The number of hydrogen-bond acceptors (Lipinski definition) is 22. The Labute approximate surface area is 932 Å². The second kappa shape index (κ2) is 92.5. The maximum Gasteiger partial charge on any atom is 0.305 e. The number of ketones is 2. The van der Waals surface area contributed by atoms with Crippen LogP contribution in [0, 0.1) is 62.2 Å². The monoisotopic (exact) mass is 2220 g/mol. The molecule has 7 aliphatic heterocycles. The van der Waals surface area contributed by atoms with Crippen molar-refractivity contribution in [1.82, 2.24) is 45.2 Å². The molecule has 3 radical (unpaired) electrons. The molecule has 2 N–H and O–H groups in total. The van der Waals surface area contributed by atoms with E-state index in [1.165, 1.54) is 41.4 Å². The standard InChI is InChI=1S/C16H25N3O2.C16H22NO5.C15H23N3O2.C15H23NO3.C14H21NO2.C12H16NO4.C9H10NO2.3C4H9.3Y/c1-12(2)14(4)17-18-15(20)8-6-5-7-11-19-13(3)9-10-16(19)21;1-14-5-6-16(20)17(14)8-7-15(19)4-2-10-21-12-13-22-11-3-9-18;1-12(2)11-16-17-14(19)7-5-4-6-10-18-13(3)8-9-15(18)20;1-12(2)11-19-15(18)7-5-4-6-10-16-13(3)8-9-14(16)17;1-11(2)13(16)7-5-4-6-10-15-12(3)8-9-14(15)17;1-11-3-4-12(15)13(11)5-8-17-10-9-16-7-2-6-14;1-8-4-5-9(12)10(8)6-2-3-7-11;3*1-4(2)3;;;/h9-10,12H,3,5-8,11H2,1-2,4H3,(H,18,20);5-6H,1-4,7-8,10-13H2;8-9,11-12H,3-7,10H2,1-2H3,(H,17,19);8-9,12H,3-7,10-11H2,1-2H3;8-9,11H,3-7,10H2,1-2H3;3-4H,1-2,5,7-10H2;4-5H,1-3,6H2;3*4H,1H2,2-3H3;;;/q;-1;;;;5*-1;;;/b17-14+;;16-11+;;;;;;;;;;. The molecule has 0 aromatic carbocycles. The molecule has 0 unspecified atom stereocenters. The summed E-state index contributed by atoms with van der Waals surface area (Å²) in [6, 6.07) is 0. The van der Waals surface area contributed by atoms with Gasteiger partial charge in [-0.05, 0) is 125 Å². The number of Topliss-reactive ketones (excluding diaryl/α,β-unsaturated/α-hetero) is 2. The Morgan fingerprint density at radius 1 is 0.343 bits per heavy atom. The summed E-state index contributed by atoms with van der Waals surface area (Å²) in [5.41, 5.74) is 11.0. The van der Waals surface area contributed by atoms with Crippen molar-refractivity contribution in [1.29, 1.82) is 0 Å². The third kappa shape index (κ3) is 80.7. The molecular formula is C109H167N11O20Y3-6. The van der Waals surface area contributed by atoms with Crippen LogP contribution in [0.4, 0.5) is 0 Å². The number of hydrogen-bond donors (Lipinski definition) is 2. The van der Waals surface area contributed by atoms with Crippen molar-refractivity contribution in [2.24, 2.45) is 51.6 Å². The number of carbonyl (C=O) groups excluding carboxylic acids is 15. The topological polar surface area (TPSA) is 374 Å². The minimum Gasteiger partial charge on any atom is -0.542 e. The van der Waals surface area contributed by atoms with Crippen molar-refractivity contribution in [2.45, 2.75) is 252 Å². The average Bonchev–Trinajstić information content (AvgIpc) is 1.77. The number of carbonyl (C=O) groups is 12. The molecule has 0 fully saturated rings. The summed E-state index contributed by atoms with van der Waals surface area (Å²) in [5.74, 6) is 2.91. The molecule has 31 nitrogen and oxygen atoms in total. The minimum atomic E-state index is -0.128. The van der Waals surface area contributed by atoms with E-state index in [1.807, 2.05) is 62.3 Å². The van der Waals surface area contributed by atoms with Crippen LogP contribution >= 0.6 is 0 Å². The number of amides is 9. The van der Waals surface area contributed by atoms with Crippen LogP contribution in [-0.4, -0.2) is 241 Å². The van der Waals surface area contributed by atoms with E-state index in [0.717, 1.165) is 106 Å². The van der Waals surface area contributed by atoms with Crippen molar-refractivity contribution < 1.29 is 194 Å². The Bertz CT molecular complexity index is 4030. The number of allylic oxidation sites excluding steroid dienone is 7. The molecule has 7 rings (SSSR count). The Morgan fingerprint density at radius 2 is 0.636 bits per heavy atom. The zero-order chi connectivity index (χ0) is 106. The predicted molar refractivity (Wildman–Crippen MR) is 555 cm³/mol. The molecule has 0 atom stereocenters. The molecule has 0 aromatic heterocycles. The fraction of sp³-hybridized carbons (Fsp3) is 0.560. The normalized spacial score (nSPS) is 14.0. The van der Waals surface area contributed by atoms with E-state index in [1.54, 1.807) is 103 Å². The second-order valence-electron chi connectivity index (χ2n) is 35.7. The van der Waals surface area contributed by atoms with E-state index in [-0.39, 0.29) is 182 Å². The van der Waals surface area contributed by atoms with Gasteiger partial charge in [0.05, 0.1) is 39.6 Å². The molecule has 0 aliphatic carbocycles. The fourth-order valence-corrected chi connectivity index (χ4v) is 11.5. The molecule has 0 aromatic rings. The van der Waals surface area contributed by atoms with Crippen LogP contribution in [0.5, 0.6) is 0 Å². The van der Waals surface area contributed by atoms with Gasteiger partial charge in [0, 0.05) is 303 Å². The van der Waals surface area contributed by atoms with Crippen molar-refractivity contribution in [2.75, 3.05) is 105 Å². The number of rotatable bonds is 57. The molecule has 143 heavy (non-hydrogen) atoms. The van der Waals surface area contributed by atoms with Gasteiger partial charge in [-0.3, -0.25) is 76.4 Å². The van der Waals surface area contributed by atoms with Crippen LogP contribution in [-0.2, 0) is 194 Å². The molecule has 7 heterocycles. The van der Waals surface area contributed by atoms with Crippen LogP contribution < -0.4 is 10.9 Å². The van der Waals surface area contributed by atoms with Gasteiger partial charge in [-0.1, -0.05) is 175 Å². The Kier molecular flexibility index (Phi) is 94.2. The molecule has 0 spiro atoms. The first-order valence-corrected chi connectivity index (χ1v) is 48.8.